The number of aliphatic hydroxyl groups is 1. The van der Waals surface area contributed by atoms with Crippen LogP contribution < -0.4 is 10.2 Å². The van der Waals surface area contributed by atoms with Crippen molar-refractivity contribution in [3.8, 4) is 0 Å². The number of carbonyl (C=O) groups excluding carboxylic acids is 2. The first-order valence-corrected chi connectivity index (χ1v) is 11.9. The third-order valence-corrected chi connectivity index (χ3v) is 6.34. The topological polar surface area (TPSA) is 87.5 Å². The highest BCUT2D eigenvalue weighted by molar-refractivity contribution is 6.05. The first-order chi connectivity index (χ1) is 17.6. The fourth-order valence-electron chi connectivity index (χ4n) is 4.73. The fourth-order valence-corrected chi connectivity index (χ4v) is 4.73. The van der Waals surface area contributed by atoms with E-state index in [1.807, 2.05) is 6.92 Å². The molecule has 2 N–H and O–H groups in total. The van der Waals surface area contributed by atoms with E-state index >= 15 is 0 Å². The van der Waals surface area contributed by atoms with Crippen molar-refractivity contribution < 1.29 is 32.3 Å². The second kappa shape index (κ2) is 10.3. The number of aryl methyl sites for hydroxylation is 1. The van der Waals surface area contributed by atoms with Crippen LogP contribution in [-0.4, -0.2) is 39.3 Å². The standard InChI is InChI=1S/C26H26F4N4O3/c1-3-12-34-24-21(19(14-35)32-34)20(15-8-10-18(27)11-9-15)22(25(37)33(24)4-2)31-23(36)16-6-5-7-17(13-16)26(28,29)30/h5-11,13,20,22,35H,3-4,12,14H2,1-2H3,(H,31,36). The summed E-state index contributed by atoms with van der Waals surface area (Å²) in [5.74, 6) is -2.27. The van der Waals surface area contributed by atoms with E-state index in [4.69, 9.17) is 0 Å². The minimum absolute atomic E-state index is 0.220. The van der Waals surface area contributed by atoms with Crippen molar-refractivity contribution in [2.45, 2.75) is 51.6 Å². The Morgan fingerprint density at radius 2 is 1.84 bits per heavy atom. The van der Waals surface area contributed by atoms with E-state index in [0.29, 0.717) is 35.6 Å². The van der Waals surface area contributed by atoms with Crippen LogP contribution in [0.4, 0.5) is 23.4 Å². The number of fused-ring (bicyclic) bond motifs is 1. The number of rotatable bonds is 7. The number of likely N-dealkylation sites (N-methyl/N-ethyl adjacent to an activating group) is 1. The zero-order valence-corrected chi connectivity index (χ0v) is 20.2. The lowest BCUT2D eigenvalue weighted by Gasteiger charge is -2.38. The smallest absolute Gasteiger partial charge is 0.390 e. The molecule has 2 unspecified atom stereocenters. The highest BCUT2D eigenvalue weighted by atomic mass is 19.4. The van der Waals surface area contributed by atoms with Crippen molar-refractivity contribution in [3.05, 3.63) is 82.3 Å². The Balaban J connectivity index is 1.85. The molecular formula is C26H26F4N4O3. The van der Waals surface area contributed by atoms with Gasteiger partial charge in [-0.05, 0) is 49.2 Å². The highest BCUT2D eigenvalue weighted by Crippen LogP contribution is 2.43. The lowest BCUT2D eigenvalue weighted by atomic mass is 9.81. The SMILES string of the molecule is CCCn1nc(CO)c2c1N(CC)C(=O)C(NC(=O)c1cccc(C(F)(F)F)c1)C2c1ccc(F)cc1. The summed E-state index contributed by atoms with van der Waals surface area (Å²) in [6, 6.07) is 8.05. The predicted octanol–water partition coefficient (Wildman–Crippen LogP) is 4.24. The number of halogens is 4. The maximum atomic E-state index is 13.8. The molecule has 37 heavy (non-hydrogen) atoms. The summed E-state index contributed by atoms with van der Waals surface area (Å²) in [4.78, 5) is 28.4. The number of nitrogens with one attached hydrogen (secondary N) is 1. The summed E-state index contributed by atoms with van der Waals surface area (Å²) >= 11 is 0. The highest BCUT2D eigenvalue weighted by Gasteiger charge is 2.45. The summed E-state index contributed by atoms with van der Waals surface area (Å²) in [7, 11) is 0. The Kier molecular flexibility index (Phi) is 7.35. The van der Waals surface area contributed by atoms with Gasteiger partial charge in [-0.3, -0.25) is 14.5 Å². The van der Waals surface area contributed by atoms with Gasteiger partial charge in [0, 0.05) is 30.1 Å². The van der Waals surface area contributed by atoms with Gasteiger partial charge in [-0.2, -0.15) is 18.3 Å². The summed E-state index contributed by atoms with van der Waals surface area (Å²) < 4.78 is 55.1. The normalized spacial score (nSPS) is 17.6. The number of alkyl halides is 3. The number of hydrogen-bond donors (Lipinski definition) is 2. The third kappa shape index (κ3) is 4.95. The number of carbonyl (C=O) groups is 2. The Hall–Kier alpha value is -3.73. The van der Waals surface area contributed by atoms with Gasteiger partial charge in [0.05, 0.1) is 17.9 Å². The predicted molar refractivity (Wildman–Crippen MR) is 127 cm³/mol. The van der Waals surface area contributed by atoms with Gasteiger partial charge < -0.3 is 10.4 Å². The molecule has 0 saturated heterocycles. The molecule has 11 heteroatoms. The molecule has 4 rings (SSSR count). The Labute approximate surface area is 210 Å². The number of benzene rings is 2. The molecule has 1 aromatic heterocycles. The van der Waals surface area contributed by atoms with E-state index in [1.165, 1.54) is 35.2 Å². The molecule has 0 bridgehead atoms. The van der Waals surface area contributed by atoms with Crippen LogP contribution in [0, 0.1) is 5.82 Å². The molecule has 2 amide bonds. The lowest BCUT2D eigenvalue weighted by Crippen LogP contribution is -2.55. The average molecular weight is 519 g/mol. The summed E-state index contributed by atoms with van der Waals surface area (Å²) in [6.07, 6.45) is -3.95. The van der Waals surface area contributed by atoms with Crippen LogP contribution in [0.5, 0.6) is 0 Å². The van der Waals surface area contributed by atoms with Gasteiger partial charge in [0.2, 0.25) is 0 Å². The van der Waals surface area contributed by atoms with E-state index in [9.17, 15) is 32.3 Å². The third-order valence-electron chi connectivity index (χ3n) is 6.34. The maximum absolute atomic E-state index is 13.8. The summed E-state index contributed by atoms with van der Waals surface area (Å²) in [5.41, 5.74) is 0.0108. The second-order valence-corrected chi connectivity index (χ2v) is 8.71. The lowest BCUT2D eigenvalue weighted by molar-refractivity contribution is -0.137. The molecule has 196 valence electrons. The van der Waals surface area contributed by atoms with Gasteiger partial charge in [0.1, 0.15) is 17.7 Å². The Morgan fingerprint density at radius 3 is 2.43 bits per heavy atom. The number of aromatic nitrogens is 2. The van der Waals surface area contributed by atoms with Crippen molar-refractivity contribution in [1.82, 2.24) is 15.1 Å². The van der Waals surface area contributed by atoms with Crippen molar-refractivity contribution in [3.63, 3.8) is 0 Å². The van der Waals surface area contributed by atoms with Crippen LogP contribution in [0.15, 0.2) is 48.5 Å². The van der Waals surface area contributed by atoms with E-state index in [0.717, 1.165) is 18.2 Å². The number of aliphatic hydroxyl groups excluding tert-OH is 1. The van der Waals surface area contributed by atoms with E-state index in [-0.39, 0.29) is 12.1 Å². The van der Waals surface area contributed by atoms with Gasteiger partial charge in [-0.1, -0.05) is 25.1 Å². The van der Waals surface area contributed by atoms with Gasteiger partial charge in [0.15, 0.2) is 0 Å². The van der Waals surface area contributed by atoms with Crippen LogP contribution in [0.2, 0.25) is 0 Å². The second-order valence-electron chi connectivity index (χ2n) is 8.71. The quantitative estimate of drug-likeness (QED) is 0.458. The minimum Gasteiger partial charge on any atom is -0.390 e. The molecule has 0 radical (unpaired) electrons. The fraction of sp³-hybridized carbons (Fsp3) is 0.346. The molecule has 2 heterocycles. The molecule has 2 atom stereocenters. The van der Waals surface area contributed by atoms with E-state index in [1.54, 1.807) is 11.6 Å². The molecule has 0 aliphatic carbocycles. The number of hydrogen-bond acceptors (Lipinski definition) is 4. The number of amides is 2. The zero-order valence-electron chi connectivity index (χ0n) is 20.2. The van der Waals surface area contributed by atoms with Crippen LogP contribution in [0.25, 0.3) is 0 Å². The molecule has 0 fully saturated rings. The first-order valence-electron chi connectivity index (χ1n) is 11.9. The molecular weight excluding hydrogens is 492 g/mol. The van der Waals surface area contributed by atoms with Crippen LogP contribution in [0.3, 0.4) is 0 Å². The van der Waals surface area contributed by atoms with Gasteiger partial charge in [-0.25, -0.2) is 9.07 Å². The molecule has 3 aromatic rings. The van der Waals surface area contributed by atoms with Crippen LogP contribution in [0.1, 0.15) is 58.9 Å². The van der Waals surface area contributed by atoms with Crippen molar-refractivity contribution >= 4 is 17.6 Å². The van der Waals surface area contributed by atoms with E-state index in [2.05, 4.69) is 10.4 Å². The van der Waals surface area contributed by atoms with Gasteiger partial charge in [-0.15, -0.1) is 0 Å². The van der Waals surface area contributed by atoms with Crippen LogP contribution >= 0.6 is 0 Å². The van der Waals surface area contributed by atoms with Gasteiger partial charge >= 0.3 is 6.18 Å². The minimum atomic E-state index is -4.65. The molecule has 0 spiro atoms. The largest absolute Gasteiger partial charge is 0.416 e. The summed E-state index contributed by atoms with van der Waals surface area (Å²) in [6.45, 7) is 3.91. The van der Waals surface area contributed by atoms with Crippen molar-refractivity contribution in [2.75, 3.05) is 11.4 Å². The Bertz CT molecular complexity index is 1300. The summed E-state index contributed by atoms with van der Waals surface area (Å²) in [5, 5.41) is 17.2. The van der Waals surface area contributed by atoms with E-state index < -0.39 is 47.9 Å². The van der Waals surface area contributed by atoms with Crippen LogP contribution in [-0.2, 0) is 24.1 Å². The average Bonchev–Trinajstić information content (AvgIpc) is 3.23. The Morgan fingerprint density at radius 1 is 1.14 bits per heavy atom. The number of anilines is 1. The van der Waals surface area contributed by atoms with Crippen molar-refractivity contribution in [1.29, 1.82) is 0 Å². The van der Waals surface area contributed by atoms with Crippen molar-refractivity contribution in [2.24, 2.45) is 0 Å². The number of nitrogens with zero attached hydrogens (tertiary/aromatic N) is 3. The first kappa shape index (κ1) is 26.3. The van der Waals surface area contributed by atoms with Gasteiger partial charge in [0.25, 0.3) is 11.8 Å². The maximum Gasteiger partial charge on any atom is 0.416 e. The molecule has 1 aliphatic rings. The molecule has 1 aliphatic heterocycles. The molecule has 0 saturated carbocycles. The zero-order chi connectivity index (χ0) is 26.9. The molecule has 7 nitrogen and oxygen atoms in total. The molecule has 2 aromatic carbocycles. The monoisotopic (exact) mass is 518 g/mol.